The monoisotopic (exact) mass is 487 g/mol. The van der Waals surface area contributed by atoms with Crippen LogP contribution in [0.5, 0.6) is 5.75 Å². The van der Waals surface area contributed by atoms with Crippen molar-refractivity contribution in [2.24, 2.45) is 0 Å². The van der Waals surface area contributed by atoms with Gasteiger partial charge in [0.1, 0.15) is 5.75 Å². The number of carbonyl (C=O) groups is 1. The molecule has 0 radical (unpaired) electrons. The number of benzene rings is 2. The fourth-order valence-corrected chi connectivity index (χ4v) is 5.76. The molecular formula is C22H21N3O6S2. The number of nitrogens with one attached hydrogen (secondary N) is 1. The van der Waals surface area contributed by atoms with Gasteiger partial charge >= 0.3 is 0 Å². The highest BCUT2D eigenvalue weighted by Gasteiger charge is 2.31. The van der Waals surface area contributed by atoms with Crippen molar-refractivity contribution < 1.29 is 22.9 Å². The molecule has 1 amide bonds. The largest absolute Gasteiger partial charge is 0.495 e. The summed E-state index contributed by atoms with van der Waals surface area (Å²) in [6.45, 7) is 0.648. The van der Waals surface area contributed by atoms with Crippen molar-refractivity contribution in [1.82, 2.24) is 4.90 Å². The highest BCUT2D eigenvalue weighted by atomic mass is 32.2. The zero-order valence-electron chi connectivity index (χ0n) is 17.6. The van der Waals surface area contributed by atoms with Crippen LogP contribution in [0.3, 0.4) is 0 Å². The minimum absolute atomic E-state index is 0.0314. The smallest absolute Gasteiger partial charge is 0.271 e. The van der Waals surface area contributed by atoms with Gasteiger partial charge in [-0.25, -0.2) is 8.42 Å². The second-order valence-electron chi connectivity index (χ2n) is 7.44. The Bertz CT molecular complexity index is 1270. The van der Waals surface area contributed by atoms with Crippen molar-refractivity contribution in [2.75, 3.05) is 18.4 Å². The summed E-state index contributed by atoms with van der Waals surface area (Å²) in [5.74, 6) is -0.00668. The summed E-state index contributed by atoms with van der Waals surface area (Å²) in [5, 5.41) is 13.0. The van der Waals surface area contributed by atoms with Crippen LogP contribution < -0.4 is 9.46 Å². The molecule has 172 valence electrons. The molecule has 33 heavy (non-hydrogen) atoms. The van der Waals surface area contributed by atoms with E-state index in [0.717, 1.165) is 23.8 Å². The lowest BCUT2D eigenvalue weighted by atomic mass is 10.1. The third-order valence-electron chi connectivity index (χ3n) is 5.44. The predicted molar refractivity (Wildman–Crippen MR) is 124 cm³/mol. The first-order valence-electron chi connectivity index (χ1n) is 10.1. The minimum atomic E-state index is -4.07. The Morgan fingerprint density at radius 2 is 1.97 bits per heavy atom. The molecule has 1 saturated heterocycles. The number of nitro groups is 1. The van der Waals surface area contributed by atoms with Gasteiger partial charge in [-0.05, 0) is 54.6 Å². The van der Waals surface area contributed by atoms with Crippen LogP contribution in [-0.2, 0) is 10.0 Å². The molecule has 1 aliphatic rings. The predicted octanol–water partition coefficient (Wildman–Crippen LogP) is 4.44. The number of thiophene rings is 1. The van der Waals surface area contributed by atoms with Crippen molar-refractivity contribution >= 4 is 38.6 Å². The van der Waals surface area contributed by atoms with Gasteiger partial charge in [0.15, 0.2) is 0 Å². The molecule has 9 nitrogen and oxygen atoms in total. The maximum Gasteiger partial charge on any atom is 0.271 e. The fourth-order valence-electron chi connectivity index (χ4n) is 3.82. The summed E-state index contributed by atoms with van der Waals surface area (Å²) in [4.78, 5) is 26.4. The zero-order chi connectivity index (χ0) is 23.6. The van der Waals surface area contributed by atoms with Crippen molar-refractivity contribution in [3.8, 4) is 5.75 Å². The van der Waals surface area contributed by atoms with Crippen LogP contribution >= 0.6 is 11.3 Å². The van der Waals surface area contributed by atoms with Gasteiger partial charge in [-0.2, -0.15) is 0 Å². The number of methoxy groups -OCH3 is 1. The molecule has 1 fully saturated rings. The van der Waals surface area contributed by atoms with E-state index in [9.17, 15) is 23.3 Å². The number of sulfonamides is 1. The van der Waals surface area contributed by atoms with Crippen molar-refractivity contribution in [1.29, 1.82) is 0 Å². The summed E-state index contributed by atoms with van der Waals surface area (Å²) in [5.41, 5.74) is 0.0633. The molecule has 2 aromatic carbocycles. The molecular weight excluding hydrogens is 466 g/mol. The SMILES string of the molecule is COc1ccc([N+](=O)[O-])cc1NS(=O)(=O)c1ccc(C(=O)N2CCCC2c2cccs2)cc1. The van der Waals surface area contributed by atoms with Crippen LogP contribution in [0.1, 0.15) is 34.1 Å². The van der Waals surface area contributed by atoms with E-state index >= 15 is 0 Å². The average Bonchev–Trinajstić information content (AvgIpc) is 3.50. The van der Waals surface area contributed by atoms with E-state index < -0.39 is 14.9 Å². The van der Waals surface area contributed by atoms with Gasteiger partial charge < -0.3 is 9.64 Å². The van der Waals surface area contributed by atoms with E-state index in [1.54, 1.807) is 11.3 Å². The third kappa shape index (κ3) is 4.69. The second-order valence-corrected chi connectivity index (χ2v) is 10.1. The normalized spacial score (nSPS) is 15.9. The minimum Gasteiger partial charge on any atom is -0.495 e. The first kappa shape index (κ1) is 22.7. The molecule has 0 aliphatic carbocycles. The number of likely N-dealkylation sites (tertiary alicyclic amines) is 1. The van der Waals surface area contributed by atoms with Gasteiger partial charge in [0.25, 0.3) is 21.6 Å². The number of hydrogen-bond donors (Lipinski definition) is 1. The van der Waals surface area contributed by atoms with Gasteiger partial charge in [-0.3, -0.25) is 19.6 Å². The van der Waals surface area contributed by atoms with E-state index in [0.29, 0.717) is 12.1 Å². The first-order valence-corrected chi connectivity index (χ1v) is 12.5. The number of hydrogen-bond acceptors (Lipinski definition) is 7. The lowest BCUT2D eigenvalue weighted by Crippen LogP contribution is -2.30. The maximum atomic E-state index is 13.1. The highest BCUT2D eigenvalue weighted by Crippen LogP contribution is 2.36. The Morgan fingerprint density at radius 3 is 2.61 bits per heavy atom. The molecule has 1 unspecified atom stereocenters. The van der Waals surface area contributed by atoms with E-state index in [1.165, 1.54) is 43.5 Å². The van der Waals surface area contributed by atoms with E-state index in [4.69, 9.17) is 4.74 Å². The fraction of sp³-hybridized carbons (Fsp3) is 0.227. The molecule has 0 bridgehead atoms. The Labute approximate surface area is 194 Å². The summed E-state index contributed by atoms with van der Waals surface area (Å²) in [6.07, 6.45) is 1.81. The lowest BCUT2D eigenvalue weighted by Gasteiger charge is -2.24. The molecule has 1 N–H and O–H groups in total. The molecule has 2 heterocycles. The number of nitrogens with zero attached hydrogens (tertiary/aromatic N) is 2. The Kier molecular flexibility index (Phi) is 6.34. The number of anilines is 1. The van der Waals surface area contributed by atoms with Gasteiger partial charge in [0, 0.05) is 29.1 Å². The number of rotatable bonds is 7. The molecule has 1 aromatic heterocycles. The zero-order valence-corrected chi connectivity index (χ0v) is 19.3. The van der Waals surface area contributed by atoms with Crippen molar-refractivity contribution in [3.63, 3.8) is 0 Å². The van der Waals surface area contributed by atoms with Gasteiger partial charge in [-0.1, -0.05) is 6.07 Å². The molecule has 3 aromatic rings. The Balaban J connectivity index is 1.55. The summed E-state index contributed by atoms with van der Waals surface area (Å²) < 4.78 is 33.2. The van der Waals surface area contributed by atoms with Gasteiger partial charge in [-0.15, -0.1) is 11.3 Å². The first-order chi connectivity index (χ1) is 15.8. The third-order valence-corrected chi connectivity index (χ3v) is 7.79. The van der Waals surface area contributed by atoms with E-state index in [-0.39, 0.29) is 34.0 Å². The molecule has 4 rings (SSSR count). The van der Waals surface area contributed by atoms with Crippen LogP contribution in [0.4, 0.5) is 11.4 Å². The standard InChI is InChI=1S/C22H21N3O6S2/c1-31-20-11-8-16(25(27)28)14-18(20)23-33(29,30)17-9-6-15(7-10-17)22(26)24-12-2-4-19(24)21-5-3-13-32-21/h3,5-11,13-14,19,23H,2,4,12H2,1H3. The molecule has 11 heteroatoms. The van der Waals surface area contributed by atoms with Crippen molar-refractivity contribution in [3.05, 3.63) is 80.5 Å². The summed E-state index contributed by atoms with van der Waals surface area (Å²) >= 11 is 1.62. The summed E-state index contributed by atoms with van der Waals surface area (Å²) in [6, 6.07) is 13.3. The van der Waals surface area contributed by atoms with E-state index in [1.807, 2.05) is 22.4 Å². The maximum absolute atomic E-state index is 13.1. The lowest BCUT2D eigenvalue weighted by molar-refractivity contribution is -0.384. The average molecular weight is 488 g/mol. The van der Waals surface area contributed by atoms with Crippen LogP contribution in [0.15, 0.2) is 64.9 Å². The van der Waals surface area contributed by atoms with Gasteiger partial charge in [0.2, 0.25) is 0 Å². The molecule has 0 spiro atoms. The van der Waals surface area contributed by atoms with Crippen LogP contribution in [0.25, 0.3) is 0 Å². The Hall–Kier alpha value is -3.44. The second kappa shape index (κ2) is 9.20. The van der Waals surface area contributed by atoms with Crippen LogP contribution in [0, 0.1) is 10.1 Å². The molecule has 1 atom stereocenters. The molecule has 1 aliphatic heterocycles. The van der Waals surface area contributed by atoms with Crippen LogP contribution in [-0.4, -0.2) is 37.8 Å². The van der Waals surface area contributed by atoms with Gasteiger partial charge in [0.05, 0.1) is 28.7 Å². The number of nitro benzene ring substituents is 1. The number of ether oxygens (including phenoxy) is 1. The summed E-state index contributed by atoms with van der Waals surface area (Å²) in [7, 11) is -2.74. The Morgan fingerprint density at radius 1 is 1.21 bits per heavy atom. The van der Waals surface area contributed by atoms with Crippen molar-refractivity contribution in [2.45, 2.75) is 23.8 Å². The quantitative estimate of drug-likeness (QED) is 0.389. The number of carbonyl (C=O) groups excluding carboxylic acids is 1. The van der Waals surface area contributed by atoms with E-state index in [2.05, 4.69) is 4.72 Å². The van der Waals surface area contributed by atoms with Crippen LogP contribution in [0.2, 0.25) is 0 Å². The number of non-ortho nitro benzene ring substituents is 1. The number of amides is 1. The topological polar surface area (TPSA) is 119 Å². The highest BCUT2D eigenvalue weighted by molar-refractivity contribution is 7.92. The molecule has 0 saturated carbocycles.